The Hall–Kier alpha value is -2.13. The van der Waals surface area contributed by atoms with Gasteiger partial charge in [-0.3, -0.25) is 4.79 Å². The van der Waals surface area contributed by atoms with E-state index in [9.17, 15) is 4.79 Å². The van der Waals surface area contributed by atoms with Crippen molar-refractivity contribution in [1.82, 2.24) is 0 Å². The second-order valence-corrected chi connectivity index (χ2v) is 6.40. The number of rotatable bonds is 6. The van der Waals surface area contributed by atoms with Gasteiger partial charge in [-0.2, -0.15) is 0 Å². The van der Waals surface area contributed by atoms with Crippen molar-refractivity contribution in [2.45, 2.75) is 32.2 Å². The molecule has 1 heterocycles. The Balaban J connectivity index is 1.67. The Labute approximate surface area is 144 Å². The largest absolute Gasteiger partial charge is 0.381 e. The van der Waals surface area contributed by atoms with Gasteiger partial charge in [0.2, 0.25) is 5.91 Å². The summed E-state index contributed by atoms with van der Waals surface area (Å²) in [5, 5.41) is 0. The average Bonchev–Trinajstić information content (AvgIpc) is 2.66. The summed E-state index contributed by atoms with van der Waals surface area (Å²) in [6.07, 6.45) is 3.72. The summed E-state index contributed by atoms with van der Waals surface area (Å²) in [5.74, 6) is 0.827. The van der Waals surface area contributed by atoms with Crippen LogP contribution in [0.5, 0.6) is 0 Å². The molecule has 1 amide bonds. The van der Waals surface area contributed by atoms with Gasteiger partial charge in [0.25, 0.3) is 0 Å². The van der Waals surface area contributed by atoms with Gasteiger partial charge in [-0.15, -0.1) is 0 Å². The minimum atomic E-state index is 0.205. The topological polar surface area (TPSA) is 29.5 Å². The minimum Gasteiger partial charge on any atom is -0.381 e. The maximum Gasteiger partial charge on any atom is 0.227 e. The highest BCUT2D eigenvalue weighted by Gasteiger charge is 2.19. The number of para-hydroxylation sites is 1. The number of hydrogen-bond acceptors (Lipinski definition) is 2. The van der Waals surface area contributed by atoms with E-state index in [2.05, 4.69) is 12.1 Å². The number of ether oxygens (including phenoxy) is 1. The zero-order valence-electron chi connectivity index (χ0n) is 14.1. The lowest BCUT2D eigenvalue weighted by atomic mass is 9.94. The molecule has 1 fully saturated rings. The summed E-state index contributed by atoms with van der Waals surface area (Å²) in [6, 6.07) is 20.2. The van der Waals surface area contributed by atoms with Crippen LogP contribution in [-0.4, -0.2) is 19.1 Å². The molecule has 1 aliphatic rings. The second kappa shape index (κ2) is 8.65. The molecule has 1 saturated heterocycles. The Morgan fingerprint density at radius 1 is 0.958 bits per heavy atom. The number of nitrogens with zero attached hydrogens (tertiary/aromatic N) is 1. The van der Waals surface area contributed by atoms with E-state index in [1.54, 1.807) is 0 Å². The molecule has 0 saturated carbocycles. The molecule has 0 aromatic heterocycles. The molecule has 0 spiro atoms. The number of anilines is 1. The maximum atomic E-state index is 12.9. The van der Waals surface area contributed by atoms with Crippen molar-refractivity contribution >= 4 is 11.6 Å². The fraction of sp³-hybridized carbons (Fsp3) is 0.381. The zero-order valence-corrected chi connectivity index (χ0v) is 14.1. The quantitative estimate of drug-likeness (QED) is 0.787. The van der Waals surface area contributed by atoms with Gasteiger partial charge in [0.15, 0.2) is 0 Å². The van der Waals surface area contributed by atoms with Crippen LogP contribution in [0.2, 0.25) is 0 Å². The van der Waals surface area contributed by atoms with Gasteiger partial charge in [0.1, 0.15) is 0 Å². The first-order chi connectivity index (χ1) is 11.8. The van der Waals surface area contributed by atoms with Crippen LogP contribution in [0.25, 0.3) is 0 Å². The molecule has 3 rings (SSSR count). The van der Waals surface area contributed by atoms with Crippen molar-refractivity contribution < 1.29 is 9.53 Å². The van der Waals surface area contributed by atoms with Gasteiger partial charge in [-0.25, -0.2) is 0 Å². The van der Waals surface area contributed by atoms with Crippen molar-refractivity contribution in [2.75, 3.05) is 18.1 Å². The van der Waals surface area contributed by atoms with Gasteiger partial charge in [-0.1, -0.05) is 48.5 Å². The van der Waals surface area contributed by atoms with Crippen LogP contribution >= 0.6 is 0 Å². The maximum absolute atomic E-state index is 12.9. The van der Waals surface area contributed by atoms with Gasteiger partial charge >= 0.3 is 0 Å². The van der Waals surface area contributed by atoms with E-state index in [1.165, 1.54) is 0 Å². The van der Waals surface area contributed by atoms with Gasteiger partial charge in [-0.05, 0) is 42.9 Å². The van der Waals surface area contributed by atoms with Crippen molar-refractivity contribution in [1.29, 1.82) is 0 Å². The van der Waals surface area contributed by atoms with Gasteiger partial charge in [0, 0.05) is 25.3 Å². The highest BCUT2D eigenvalue weighted by Crippen LogP contribution is 2.23. The molecule has 2 aromatic rings. The summed E-state index contributed by atoms with van der Waals surface area (Å²) in [7, 11) is 0. The Kier molecular flexibility index (Phi) is 6.02. The van der Waals surface area contributed by atoms with Gasteiger partial charge < -0.3 is 9.64 Å². The summed E-state index contributed by atoms with van der Waals surface area (Å²) in [5.41, 5.74) is 2.12. The first kappa shape index (κ1) is 16.7. The molecule has 0 atom stereocenters. The van der Waals surface area contributed by atoms with Crippen LogP contribution in [0, 0.1) is 5.92 Å². The molecule has 3 heteroatoms. The number of carbonyl (C=O) groups is 1. The van der Waals surface area contributed by atoms with Gasteiger partial charge in [0.05, 0.1) is 6.54 Å². The molecule has 3 nitrogen and oxygen atoms in total. The third-order valence-corrected chi connectivity index (χ3v) is 4.66. The third kappa shape index (κ3) is 4.68. The van der Waals surface area contributed by atoms with E-state index < -0.39 is 0 Å². The van der Waals surface area contributed by atoms with Crippen molar-refractivity contribution in [2.24, 2.45) is 5.92 Å². The van der Waals surface area contributed by atoms with E-state index in [0.29, 0.717) is 18.9 Å². The molecule has 24 heavy (non-hydrogen) atoms. The van der Waals surface area contributed by atoms with Crippen LogP contribution in [-0.2, 0) is 16.1 Å². The number of amides is 1. The molecule has 0 aliphatic carbocycles. The molecule has 0 radical (unpaired) electrons. The zero-order chi connectivity index (χ0) is 16.6. The van der Waals surface area contributed by atoms with E-state index in [4.69, 9.17) is 4.74 Å². The molecule has 0 unspecified atom stereocenters. The molecule has 0 bridgehead atoms. The highest BCUT2D eigenvalue weighted by atomic mass is 16.5. The SMILES string of the molecule is O=C(CCC1CCOCC1)N(Cc1ccccc1)c1ccccc1. The predicted molar refractivity (Wildman–Crippen MR) is 96.9 cm³/mol. The second-order valence-electron chi connectivity index (χ2n) is 6.40. The summed E-state index contributed by atoms with van der Waals surface area (Å²) in [4.78, 5) is 14.8. The molecular weight excluding hydrogens is 298 g/mol. The fourth-order valence-electron chi connectivity index (χ4n) is 3.20. The minimum absolute atomic E-state index is 0.205. The van der Waals surface area contributed by atoms with Crippen molar-refractivity contribution in [3.63, 3.8) is 0 Å². The van der Waals surface area contributed by atoms with Crippen LogP contribution < -0.4 is 4.90 Å². The first-order valence-electron chi connectivity index (χ1n) is 8.80. The van der Waals surface area contributed by atoms with Crippen molar-refractivity contribution in [3.8, 4) is 0 Å². The van der Waals surface area contributed by atoms with Crippen LogP contribution in [0.4, 0.5) is 5.69 Å². The smallest absolute Gasteiger partial charge is 0.227 e. The van der Waals surface area contributed by atoms with E-state index >= 15 is 0 Å². The average molecular weight is 323 g/mol. The Morgan fingerprint density at radius 3 is 2.25 bits per heavy atom. The molecule has 1 aliphatic heterocycles. The summed E-state index contributed by atoms with van der Waals surface area (Å²) >= 11 is 0. The third-order valence-electron chi connectivity index (χ3n) is 4.66. The normalized spacial score (nSPS) is 15.2. The first-order valence-corrected chi connectivity index (χ1v) is 8.80. The van der Waals surface area contributed by atoms with Crippen LogP contribution in [0.1, 0.15) is 31.2 Å². The van der Waals surface area contributed by atoms with E-state index in [0.717, 1.165) is 43.7 Å². The number of hydrogen-bond donors (Lipinski definition) is 0. The van der Waals surface area contributed by atoms with Crippen LogP contribution in [0.15, 0.2) is 60.7 Å². The molecule has 0 N–H and O–H groups in total. The predicted octanol–water partition coefficient (Wildman–Crippen LogP) is 4.43. The monoisotopic (exact) mass is 323 g/mol. The Morgan fingerprint density at radius 2 is 1.58 bits per heavy atom. The number of benzene rings is 2. The molecular formula is C21H25NO2. The van der Waals surface area contributed by atoms with Crippen LogP contribution in [0.3, 0.4) is 0 Å². The lowest BCUT2D eigenvalue weighted by molar-refractivity contribution is -0.119. The molecule has 2 aromatic carbocycles. The fourth-order valence-corrected chi connectivity index (χ4v) is 3.20. The summed E-state index contributed by atoms with van der Waals surface area (Å²) in [6.45, 7) is 2.30. The highest BCUT2D eigenvalue weighted by molar-refractivity contribution is 5.93. The van der Waals surface area contributed by atoms with Crippen molar-refractivity contribution in [3.05, 3.63) is 66.2 Å². The number of carbonyl (C=O) groups excluding carboxylic acids is 1. The van der Waals surface area contributed by atoms with E-state index in [-0.39, 0.29) is 5.91 Å². The van der Waals surface area contributed by atoms with E-state index in [1.807, 2.05) is 53.4 Å². The summed E-state index contributed by atoms with van der Waals surface area (Å²) < 4.78 is 5.41. The molecule has 126 valence electrons. The Bertz CT molecular complexity index is 621. The lowest BCUT2D eigenvalue weighted by Gasteiger charge is -2.26. The lowest BCUT2D eigenvalue weighted by Crippen LogP contribution is -2.31. The standard InChI is InChI=1S/C21H25NO2/c23-21(12-11-18-13-15-24-16-14-18)22(20-9-5-2-6-10-20)17-19-7-3-1-4-8-19/h1-10,18H,11-17H2.